The summed E-state index contributed by atoms with van der Waals surface area (Å²) in [5.41, 5.74) is 2.59. The monoisotopic (exact) mass is 243 g/mol. The van der Waals surface area contributed by atoms with E-state index < -0.39 is 0 Å². The summed E-state index contributed by atoms with van der Waals surface area (Å²) in [6.07, 6.45) is 1.55. The number of nitrogens with one attached hydrogen (secondary N) is 2. The van der Waals surface area contributed by atoms with Crippen LogP contribution in [0.15, 0.2) is 36.5 Å². The van der Waals surface area contributed by atoms with Crippen molar-refractivity contribution in [3.8, 4) is 0 Å². The number of anilines is 1. The third kappa shape index (κ3) is 2.77. The molecule has 2 rings (SSSR count). The number of hydrogen-bond donors (Lipinski definition) is 2. The fraction of sp³-hybridized carbons (Fsp3) is 0.286. The zero-order valence-corrected chi connectivity index (χ0v) is 10.8. The van der Waals surface area contributed by atoms with Crippen molar-refractivity contribution in [2.75, 3.05) is 5.32 Å². The van der Waals surface area contributed by atoms with Gasteiger partial charge in [0.15, 0.2) is 0 Å². The van der Waals surface area contributed by atoms with E-state index in [2.05, 4.69) is 36.3 Å². The second-order valence-corrected chi connectivity index (χ2v) is 5.25. The fourth-order valence-electron chi connectivity index (χ4n) is 1.63. The minimum absolute atomic E-state index is 0.117. The van der Waals surface area contributed by atoms with Gasteiger partial charge in [-0.3, -0.25) is 9.89 Å². The summed E-state index contributed by atoms with van der Waals surface area (Å²) in [6, 6.07) is 9.52. The molecule has 94 valence electrons. The molecule has 0 aliphatic rings. The number of benzene rings is 1. The second-order valence-electron chi connectivity index (χ2n) is 5.25. The Labute approximate surface area is 106 Å². The van der Waals surface area contributed by atoms with Gasteiger partial charge in [0, 0.05) is 11.9 Å². The van der Waals surface area contributed by atoms with Crippen LogP contribution in [0.1, 0.15) is 36.8 Å². The van der Waals surface area contributed by atoms with Gasteiger partial charge >= 0.3 is 0 Å². The lowest BCUT2D eigenvalue weighted by molar-refractivity contribution is 0.102. The number of rotatable bonds is 2. The van der Waals surface area contributed by atoms with E-state index in [1.165, 1.54) is 5.56 Å². The zero-order valence-electron chi connectivity index (χ0n) is 10.8. The van der Waals surface area contributed by atoms with Gasteiger partial charge in [-0.2, -0.15) is 5.10 Å². The highest BCUT2D eigenvalue weighted by atomic mass is 16.1. The maximum absolute atomic E-state index is 11.8. The summed E-state index contributed by atoms with van der Waals surface area (Å²) in [5, 5.41) is 9.19. The Balaban J connectivity index is 2.09. The Morgan fingerprint density at radius 1 is 1.17 bits per heavy atom. The first-order valence-corrected chi connectivity index (χ1v) is 5.88. The van der Waals surface area contributed by atoms with Crippen LogP contribution in [-0.2, 0) is 5.41 Å². The molecule has 1 aromatic carbocycles. The normalized spacial score (nSPS) is 11.3. The Kier molecular flexibility index (Phi) is 3.19. The van der Waals surface area contributed by atoms with Gasteiger partial charge in [0.25, 0.3) is 5.91 Å². The molecule has 0 unspecified atom stereocenters. The third-order valence-electron chi connectivity index (χ3n) is 2.75. The molecule has 2 aromatic rings. The van der Waals surface area contributed by atoms with Crippen molar-refractivity contribution >= 4 is 11.6 Å². The average molecular weight is 243 g/mol. The Morgan fingerprint density at radius 3 is 2.33 bits per heavy atom. The summed E-state index contributed by atoms with van der Waals surface area (Å²) in [5.74, 6) is -0.184. The number of carbonyl (C=O) groups is 1. The molecule has 0 saturated heterocycles. The molecule has 0 fully saturated rings. The highest BCUT2D eigenvalue weighted by Crippen LogP contribution is 2.23. The number of aromatic amines is 1. The van der Waals surface area contributed by atoms with E-state index in [0.717, 1.165) is 5.69 Å². The van der Waals surface area contributed by atoms with Crippen LogP contribution in [0, 0.1) is 0 Å². The van der Waals surface area contributed by atoms with Crippen LogP contribution < -0.4 is 5.32 Å². The van der Waals surface area contributed by atoms with Crippen molar-refractivity contribution in [3.63, 3.8) is 0 Å². The lowest BCUT2D eigenvalue weighted by Gasteiger charge is -2.19. The van der Waals surface area contributed by atoms with E-state index in [9.17, 15) is 4.79 Å². The van der Waals surface area contributed by atoms with Gasteiger partial charge < -0.3 is 5.32 Å². The molecule has 0 radical (unpaired) electrons. The van der Waals surface area contributed by atoms with Crippen molar-refractivity contribution in [1.29, 1.82) is 0 Å². The van der Waals surface area contributed by atoms with Crippen LogP contribution in [0.5, 0.6) is 0 Å². The smallest absolute Gasteiger partial charge is 0.273 e. The number of aromatic nitrogens is 2. The van der Waals surface area contributed by atoms with Crippen molar-refractivity contribution in [2.45, 2.75) is 26.2 Å². The number of amides is 1. The first-order chi connectivity index (χ1) is 8.47. The molecule has 0 saturated carbocycles. The minimum Gasteiger partial charge on any atom is -0.321 e. The topological polar surface area (TPSA) is 57.8 Å². The highest BCUT2D eigenvalue weighted by Gasteiger charge is 2.13. The van der Waals surface area contributed by atoms with E-state index in [0.29, 0.717) is 5.69 Å². The van der Waals surface area contributed by atoms with Gasteiger partial charge in [-0.25, -0.2) is 0 Å². The molecule has 0 spiro atoms. The van der Waals surface area contributed by atoms with Gasteiger partial charge in [-0.1, -0.05) is 32.9 Å². The summed E-state index contributed by atoms with van der Waals surface area (Å²) in [7, 11) is 0. The van der Waals surface area contributed by atoms with Gasteiger partial charge in [0.2, 0.25) is 0 Å². The van der Waals surface area contributed by atoms with Crippen LogP contribution in [-0.4, -0.2) is 16.1 Å². The molecule has 0 bridgehead atoms. The lowest BCUT2D eigenvalue weighted by Crippen LogP contribution is -2.14. The predicted octanol–water partition coefficient (Wildman–Crippen LogP) is 2.96. The summed E-state index contributed by atoms with van der Waals surface area (Å²) >= 11 is 0. The molecule has 0 aliphatic carbocycles. The third-order valence-corrected chi connectivity index (χ3v) is 2.75. The minimum atomic E-state index is -0.184. The van der Waals surface area contributed by atoms with Crippen molar-refractivity contribution in [1.82, 2.24) is 10.2 Å². The summed E-state index contributed by atoms with van der Waals surface area (Å²) in [6.45, 7) is 6.47. The molecule has 18 heavy (non-hydrogen) atoms. The van der Waals surface area contributed by atoms with E-state index >= 15 is 0 Å². The Morgan fingerprint density at radius 2 is 1.83 bits per heavy atom. The van der Waals surface area contributed by atoms with Crippen LogP contribution in [0.3, 0.4) is 0 Å². The maximum atomic E-state index is 11.8. The molecule has 4 heteroatoms. The van der Waals surface area contributed by atoms with Gasteiger partial charge in [0.05, 0.1) is 0 Å². The first-order valence-electron chi connectivity index (χ1n) is 5.88. The van der Waals surface area contributed by atoms with E-state index in [1.807, 2.05) is 24.3 Å². The van der Waals surface area contributed by atoms with Crippen molar-refractivity contribution in [3.05, 3.63) is 47.8 Å². The fourth-order valence-corrected chi connectivity index (χ4v) is 1.63. The molecule has 1 amide bonds. The average Bonchev–Trinajstić information content (AvgIpc) is 2.82. The summed E-state index contributed by atoms with van der Waals surface area (Å²) in [4.78, 5) is 11.8. The van der Waals surface area contributed by atoms with E-state index in [4.69, 9.17) is 0 Å². The molecule has 1 aromatic heterocycles. The van der Waals surface area contributed by atoms with Crippen LogP contribution in [0.4, 0.5) is 5.69 Å². The standard InChI is InChI=1S/C14H17N3O/c1-14(2,3)10-4-6-11(7-5-10)16-13(18)12-8-9-15-17-12/h4-9H,1-3H3,(H,15,17)(H,16,18). The number of hydrogen-bond acceptors (Lipinski definition) is 2. The molecule has 0 atom stereocenters. The molecular weight excluding hydrogens is 226 g/mol. The van der Waals surface area contributed by atoms with Gasteiger partial charge in [-0.15, -0.1) is 0 Å². The predicted molar refractivity (Wildman–Crippen MR) is 71.7 cm³/mol. The van der Waals surface area contributed by atoms with Crippen LogP contribution in [0.25, 0.3) is 0 Å². The molecule has 2 N–H and O–H groups in total. The van der Waals surface area contributed by atoms with Crippen molar-refractivity contribution in [2.24, 2.45) is 0 Å². The van der Waals surface area contributed by atoms with Crippen LogP contribution in [0.2, 0.25) is 0 Å². The lowest BCUT2D eigenvalue weighted by atomic mass is 9.87. The first kappa shape index (κ1) is 12.4. The Bertz CT molecular complexity index is 521. The van der Waals surface area contributed by atoms with Gasteiger partial charge in [0.1, 0.15) is 5.69 Å². The number of carbonyl (C=O) groups excluding carboxylic acids is 1. The second kappa shape index (κ2) is 4.64. The quantitative estimate of drug-likeness (QED) is 0.852. The zero-order chi connectivity index (χ0) is 13.2. The molecule has 0 aliphatic heterocycles. The molecular formula is C14H17N3O. The Hall–Kier alpha value is -2.10. The number of H-pyrrole nitrogens is 1. The highest BCUT2D eigenvalue weighted by molar-refractivity contribution is 6.02. The number of nitrogens with zero attached hydrogens (tertiary/aromatic N) is 1. The SMILES string of the molecule is CC(C)(C)c1ccc(NC(=O)c2ccn[nH]2)cc1. The maximum Gasteiger partial charge on any atom is 0.273 e. The molecule has 1 heterocycles. The largest absolute Gasteiger partial charge is 0.321 e. The summed E-state index contributed by atoms with van der Waals surface area (Å²) < 4.78 is 0. The molecule has 4 nitrogen and oxygen atoms in total. The van der Waals surface area contributed by atoms with Gasteiger partial charge in [-0.05, 0) is 29.2 Å². The van der Waals surface area contributed by atoms with Crippen molar-refractivity contribution < 1.29 is 4.79 Å². The van der Waals surface area contributed by atoms with Crippen LogP contribution >= 0.6 is 0 Å². The van der Waals surface area contributed by atoms with E-state index in [1.54, 1.807) is 12.3 Å². The van der Waals surface area contributed by atoms with E-state index in [-0.39, 0.29) is 11.3 Å².